The molecular formula is C25H29FN2NaO4. The van der Waals surface area contributed by atoms with Crippen molar-refractivity contribution in [3.05, 3.63) is 66.4 Å². The zero-order valence-corrected chi connectivity index (χ0v) is 21.3. The molecule has 33 heavy (non-hydrogen) atoms. The summed E-state index contributed by atoms with van der Waals surface area (Å²) in [5.41, 5.74) is 4.46. The first-order chi connectivity index (χ1) is 15.3. The van der Waals surface area contributed by atoms with E-state index in [0.29, 0.717) is 12.8 Å². The first-order valence-corrected chi connectivity index (χ1v) is 10.7. The molecule has 0 saturated carbocycles. The van der Waals surface area contributed by atoms with E-state index in [1.165, 1.54) is 12.1 Å². The van der Waals surface area contributed by atoms with Gasteiger partial charge >= 0.3 is 5.97 Å². The Labute approximate surface area is 215 Å². The summed E-state index contributed by atoms with van der Waals surface area (Å²) in [7, 11) is 0. The molecule has 3 aromatic rings. The topological polar surface area (TPSA) is 95.6 Å². The van der Waals surface area contributed by atoms with Gasteiger partial charge in [0.2, 0.25) is 0 Å². The van der Waals surface area contributed by atoms with Gasteiger partial charge in [0.25, 0.3) is 0 Å². The zero-order valence-electron chi connectivity index (χ0n) is 19.3. The summed E-state index contributed by atoms with van der Waals surface area (Å²) in [6.45, 7) is 4.13. The SMILES string of the molecule is CC(C)n1cc(-c2ccccn2)c(-c2ccc(F)cc2)c1CC[C@@H](O)C[C@@H](O)CC(=O)O.[Na]. The van der Waals surface area contributed by atoms with Crippen LogP contribution in [0, 0.1) is 5.82 Å². The first kappa shape index (κ1) is 27.2. The average molecular weight is 464 g/mol. The smallest absolute Gasteiger partial charge is 0.305 e. The fourth-order valence-electron chi connectivity index (χ4n) is 3.96. The molecule has 0 aliphatic carbocycles. The van der Waals surface area contributed by atoms with Crippen molar-refractivity contribution in [3.63, 3.8) is 0 Å². The summed E-state index contributed by atoms with van der Waals surface area (Å²) in [6.07, 6.45) is 2.26. The number of carboxylic acids is 1. The average Bonchev–Trinajstić information content (AvgIpc) is 3.12. The van der Waals surface area contributed by atoms with Crippen LogP contribution < -0.4 is 0 Å². The fraction of sp³-hybridized carbons (Fsp3) is 0.360. The van der Waals surface area contributed by atoms with E-state index >= 15 is 0 Å². The number of nitrogens with zero attached hydrogens (tertiary/aromatic N) is 2. The Morgan fingerprint density at radius 1 is 1.09 bits per heavy atom. The largest absolute Gasteiger partial charge is 0.481 e. The Kier molecular flexibility index (Phi) is 10.3. The molecule has 0 unspecified atom stereocenters. The second kappa shape index (κ2) is 12.4. The molecule has 1 radical (unpaired) electrons. The number of pyridine rings is 1. The van der Waals surface area contributed by atoms with Crippen molar-refractivity contribution >= 4 is 35.5 Å². The molecule has 1 aromatic carbocycles. The van der Waals surface area contributed by atoms with Crippen LogP contribution in [0.25, 0.3) is 22.4 Å². The number of halogens is 1. The van der Waals surface area contributed by atoms with Crippen LogP contribution in [0.5, 0.6) is 0 Å². The quantitative estimate of drug-likeness (QED) is 0.394. The van der Waals surface area contributed by atoms with Crippen molar-refractivity contribution in [2.24, 2.45) is 0 Å². The van der Waals surface area contributed by atoms with Crippen molar-refractivity contribution in [1.29, 1.82) is 0 Å². The second-order valence-corrected chi connectivity index (χ2v) is 8.27. The molecular weight excluding hydrogens is 434 g/mol. The number of carbonyl (C=O) groups is 1. The molecule has 0 fully saturated rings. The Hall–Kier alpha value is -2.03. The third kappa shape index (κ3) is 7.22. The van der Waals surface area contributed by atoms with Crippen LogP contribution in [-0.4, -0.2) is 72.6 Å². The maximum Gasteiger partial charge on any atom is 0.305 e. The molecule has 0 bridgehead atoms. The van der Waals surface area contributed by atoms with E-state index < -0.39 is 24.6 Å². The Bertz CT molecular complexity index is 1040. The molecule has 3 rings (SSSR count). The van der Waals surface area contributed by atoms with E-state index in [0.717, 1.165) is 28.1 Å². The minimum atomic E-state index is -1.10. The third-order valence-electron chi connectivity index (χ3n) is 5.44. The first-order valence-electron chi connectivity index (χ1n) is 10.7. The molecule has 3 N–H and O–H groups in total. The van der Waals surface area contributed by atoms with Gasteiger partial charge < -0.3 is 19.9 Å². The summed E-state index contributed by atoms with van der Waals surface area (Å²) in [5.74, 6) is -1.42. The number of rotatable bonds is 10. The number of aliphatic hydroxyl groups is 2. The van der Waals surface area contributed by atoms with Crippen LogP contribution in [0.1, 0.15) is 44.8 Å². The molecule has 171 valence electrons. The van der Waals surface area contributed by atoms with E-state index in [1.807, 2.05) is 24.4 Å². The van der Waals surface area contributed by atoms with Gasteiger partial charge in [0.15, 0.2) is 0 Å². The third-order valence-corrected chi connectivity index (χ3v) is 5.44. The summed E-state index contributed by atoms with van der Waals surface area (Å²) in [6, 6.07) is 12.1. The van der Waals surface area contributed by atoms with Crippen LogP contribution in [0.2, 0.25) is 0 Å². The van der Waals surface area contributed by atoms with Gasteiger partial charge in [0, 0.05) is 64.8 Å². The van der Waals surface area contributed by atoms with Gasteiger partial charge in [-0.25, -0.2) is 4.39 Å². The molecule has 0 amide bonds. The van der Waals surface area contributed by atoms with Crippen LogP contribution in [0.15, 0.2) is 54.9 Å². The van der Waals surface area contributed by atoms with Gasteiger partial charge in [0.05, 0.1) is 24.3 Å². The molecule has 8 heteroatoms. The van der Waals surface area contributed by atoms with Crippen LogP contribution in [-0.2, 0) is 11.2 Å². The van der Waals surface area contributed by atoms with Crippen molar-refractivity contribution in [2.45, 2.75) is 57.8 Å². The normalized spacial score (nSPS) is 12.9. The molecule has 2 aromatic heterocycles. The van der Waals surface area contributed by atoms with Gasteiger partial charge in [-0.2, -0.15) is 0 Å². The molecule has 0 aliphatic rings. The van der Waals surface area contributed by atoms with Crippen LogP contribution in [0.4, 0.5) is 4.39 Å². The molecule has 0 spiro atoms. The number of benzene rings is 1. The molecule has 0 aliphatic heterocycles. The predicted octanol–water partition coefficient (Wildman–Crippen LogP) is 4.08. The van der Waals surface area contributed by atoms with E-state index in [-0.39, 0.29) is 47.8 Å². The Balaban J connectivity index is 0.00000385. The van der Waals surface area contributed by atoms with Gasteiger partial charge in [-0.05, 0) is 62.9 Å². The summed E-state index contributed by atoms with van der Waals surface area (Å²) in [4.78, 5) is 15.3. The predicted molar refractivity (Wildman–Crippen MR) is 126 cm³/mol. The minimum absolute atomic E-state index is 0. The van der Waals surface area contributed by atoms with Gasteiger partial charge in [0.1, 0.15) is 5.82 Å². The number of aliphatic hydroxyl groups excluding tert-OH is 2. The van der Waals surface area contributed by atoms with Gasteiger partial charge in [-0.3, -0.25) is 9.78 Å². The maximum absolute atomic E-state index is 13.6. The van der Waals surface area contributed by atoms with E-state index in [2.05, 4.69) is 23.4 Å². The van der Waals surface area contributed by atoms with Crippen molar-refractivity contribution < 1.29 is 24.5 Å². The molecule has 2 heterocycles. The Morgan fingerprint density at radius 2 is 1.79 bits per heavy atom. The Morgan fingerprint density at radius 3 is 2.36 bits per heavy atom. The fourth-order valence-corrected chi connectivity index (χ4v) is 3.96. The van der Waals surface area contributed by atoms with Gasteiger partial charge in [-0.15, -0.1) is 0 Å². The summed E-state index contributed by atoms with van der Waals surface area (Å²) < 4.78 is 15.7. The molecule has 0 saturated heterocycles. The minimum Gasteiger partial charge on any atom is -0.481 e. The van der Waals surface area contributed by atoms with E-state index in [4.69, 9.17) is 5.11 Å². The van der Waals surface area contributed by atoms with E-state index in [9.17, 15) is 19.4 Å². The summed E-state index contributed by atoms with van der Waals surface area (Å²) in [5, 5.41) is 29.1. The van der Waals surface area contributed by atoms with Crippen molar-refractivity contribution in [1.82, 2.24) is 9.55 Å². The standard InChI is InChI=1S/C25H29FN2O4.Na/c1-16(2)28-15-21(22-5-3-4-12-27-22)25(17-6-8-18(26)9-7-17)23(28)11-10-19(29)13-20(30)14-24(31)32;/h3-9,12,15-16,19-20,29-30H,10-11,13-14H2,1-2H3,(H,31,32);/t19-,20-;/m1./s1. The number of aromatic nitrogens is 2. The number of carboxylic acid groups (broad SMARTS) is 1. The second-order valence-electron chi connectivity index (χ2n) is 8.27. The van der Waals surface area contributed by atoms with E-state index in [1.54, 1.807) is 18.3 Å². The molecule has 2 atom stereocenters. The summed E-state index contributed by atoms with van der Waals surface area (Å²) >= 11 is 0. The van der Waals surface area contributed by atoms with Crippen LogP contribution >= 0.6 is 0 Å². The van der Waals surface area contributed by atoms with Crippen molar-refractivity contribution in [2.75, 3.05) is 0 Å². The molecule has 6 nitrogen and oxygen atoms in total. The number of hydrogen-bond acceptors (Lipinski definition) is 4. The number of aliphatic carboxylic acids is 1. The van der Waals surface area contributed by atoms with Crippen molar-refractivity contribution in [3.8, 4) is 22.4 Å². The number of hydrogen-bond donors (Lipinski definition) is 3. The maximum atomic E-state index is 13.6. The monoisotopic (exact) mass is 463 g/mol. The zero-order chi connectivity index (χ0) is 23.3. The van der Waals surface area contributed by atoms with Crippen LogP contribution in [0.3, 0.4) is 0 Å². The van der Waals surface area contributed by atoms with Gasteiger partial charge in [-0.1, -0.05) is 18.2 Å².